The second-order valence-electron chi connectivity index (χ2n) is 11.4. The number of nitrogens with one attached hydrogen (secondary N) is 1. The molecule has 1 N–H and O–H groups in total. The zero-order valence-electron chi connectivity index (χ0n) is 24.2. The fourth-order valence-corrected chi connectivity index (χ4v) is 5.93. The molecule has 0 bridgehead atoms. The van der Waals surface area contributed by atoms with Crippen LogP contribution in [0.25, 0.3) is 10.8 Å². The number of fused-ring (bicyclic) bond motifs is 1. The van der Waals surface area contributed by atoms with Crippen LogP contribution in [-0.4, -0.2) is 49.5 Å². The second kappa shape index (κ2) is 13.0. The minimum Gasteiger partial charge on any atom is -0.350 e. The first-order valence-electron chi connectivity index (χ1n) is 13.7. The topological polar surface area (TPSA) is 86.8 Å². The molecule has 4 aromatic rings. The van der Waals surface area contributed by atoms with Crippen molar-refractivity contribution in [2.24, 2.45) is 0 Å². The quantitative estimate of drug-likeness (QED) is 0.247. The van der Waals surface area contributed by atoms with Crippen LogP contribution in [0.5, 0.6) is 0 Å². The van der Waals surface area contributed by atoms with E-state index in [1.54, 1.807) is 30.3 Å². The Hall–Kier alpha value is -3.88. The van der Waals surface area contributed by atoms with Crippen molar-refractivity contribution in [1.82, 2.24) is 10.2 Å². The third kappa shape index (κ3) is 8.11. The number of benzene rings is 4. The highest BCUT2D eigenvalue weighted by Gasteiger charge is 2.34. The number of carbonyl (C=O) groups is 2. The number of halogens is 1. The summed E-state index contributed by atoms with van der Waals surface area (Å²) in [6.07, 6.45) is 1.32. The Kier molecular flexibility index (Phi) is 9.59. The number of hydrogen-bond acceptors (Lipinski definition) is 4. The molecule has 0 aromatic heterocycles. The molecule has 1 atom stereocenters. The van der Waals surface area contributed by atoms with Crippen LogP contribution in [0.1, 0.15) is 31.9 Å². The molecule has 9 heteroatoms. The molecule has 0 radical (unpaired) electrons. The number of amides is 2. The van der Waals surface area contributed by atoms with Crippen molar-refractivity contribution in [3.05, 3.63) is 113 Å². The smallest absolute Gasteiger partial charge is 0.244 e. The lowest BCUT2D eigenvalue weighted by Crippen LogP contribution is -2.56. The van der Waals surface area contributed by atoms with Gasteiger partial charge in [-0.25, -0.2) is 8.42 Å². The van der Waals surface area contributed by atoms with Gasteiger partial charge in [0.1, 0.15) is 12.6 Å². The summed E-state index contributed by atoms with van der Waals surface area (Å²) in [4.78, 5) is 29.6. The van der Waals surface area contributed by atoms with E-state index in [0.29, 0.717) is 21.7 Å². The maximum Gasteiger partial charge on any atom is 0.244 e. The summed E-state index contributed by atoms with van der Waals surface area (Å²) in [6.45, 7) is 5.20. The van der Waals surface area contributed by atoms with Gasteiger partial charge in [-0.3, -0.25) is 13.9 Å². The molecule has 0 fully saturated rings. The fraction of sp³-hybridized carbons (Fsp3) is 0.273. The summed E-state index contributed by atoms with van der Waals surface area (Å²) in [5.41, 5.74) is 1.42. The van der Waals surface area contributed by atoms with Gasteiger partial charge in [0.25, 0.3) is 0 Å². The molecule has 0 saturated heterocycles. The Balaban J connectivity index is 1.80. The first-order chi connectivity index (χ1) is 19.8. The number of carbonyl (C=O) groups excluding carboxylic acids is 2. The molecule has 0 heterocycles. The van der Waals surface area contributed by atoms with Gasteiger partial charge >= 0.3 is 0 Å². The zero-order chi connectivity index (χ0) is 30.5. The standard InChI is InChI=1S/C33H36ClN3O4S/c1-33(2,3)35-32(39)30(21-24-12-6-5-7-13-24)36(22-25-14-10-17-27(34)20-25)31(38)23-37(42(4,40)41)29-19-11-16-26-15-8-9-18-28(26)29/h5-20,30H,21-23H2,1-4H3,(H,35,39)/t30-/m1/s1. The molecule has 2 amide bonds. The summed E-state index contributed by atoms with van der Waals surface area (Å²) in [7, 11) is -3.89. The predicted molar refractivity (Wildman–Crippen MR) is 170 cm³/mol. The third-order valence-corrected chi connectivity index (χ3v) is 8.09. The summed E-state index contributed by atoms with van der Waals surface area (Å²) in [6, 6.07) is 28.3. The molecular weight excluding hydrogens is 570 g/mol. The van der Waals surface area contributed by atoms with E-state index in [4.69, 9.17) is 11.6 Å². The van der Waals surface area contributed by atoms with Crippen LogP contribution in [0.4, 0.5) is 5.69 Å². The average Bonchev–Trinajstić information content (AvgIpc) is 2.92. The normalized spacial score (nSPS) is 12.5. The number of hydrogen-bond donors (Lipinski definition) is 1. The van der Waals surface area contributed by atoms with E-state index in [0.717, 1.165) is 21.5 Å². The van der Waals surface area contributed by atoms with Crippen molar-refractivity contribution in [2.45, 2.75) is 45.3 Å². The zero-order valence-corrected chi connectivity index (χ0v) is 25.8. The number of sulfonamides is 1. The maximum absolute atomic E-state index is 14.3. The second-order valence-corrected chi connectivity index (χ2v) is 13.7. The monoisotopic (exact) mass is 605 g/mol. The molecular formula is C33H36ClN3O4S. The number of nitrogens with zero attached hydrogens (tertiary/aromatic N) is 2. The highest BCUT2D eigenvalue weighted by Crippen LogP contribution is 2.29. The third-order valence-electron chi connectivity index (χ3n) is 6.73. The van der Waals surface area contributed by atoms with Gasteiger partial charge < -0.3 is 10.2 Å². The molecule has 4 rings (SSSR count). The molecule has 0 aliphatic rings. The van der Waals surface area contributed by atoms with Gasteiger partial charge in [0.05, 0.1) is 11.9 Å². The van der Waals surface area contributed by atoms with Crippen molar-refractivity contribution in [3.63, 3.8) is 0 Å². The van der Waals surface area contributed by atoms with Gasteiger partial charge in [-0.15, -0.1) is 0 Å². The van der Waals surface area contributed by atoms with Crippen LogP contribution in [0.2, 0.25) is 5.02 Å². The molecule has 0 aliphatic carbocycles. The molecule has 0 saturated carbocycles. The van der Waals surface area contributed by atoms with E-state index in [9.17, 15) is 18.0 Å². The van der Waals surface area contributed by atoms with E-state index in [1.807, 2.05) is 87.5 Å². The molecule has 0 spiro atoms. The van der Waals surface area contributed by atoms with Crippen LogP contribution >= 0.6 is 11.6 Å². The average molecular weight is 606 g/mol. The minimum atomic E-state index is -3.89. The predicted octanol–water partition coefficient (Wildman–Crippen LogP) is 5.81. The number of rotatable bonds is 10. The van der Waals surface area contributed by atoms with E-state index in [2.05, 4.69) is 5.32 Å². The van der Waals surface area contributed by atoms with Crippen molar-refractivity contribution >= 4 is 49.9 Å². The van der Waals surface area contributed by atoms with Gasteiger partial charge in [0, 0.05) is 28.9 Å². The van der Waals surface area contributed by atoms with Gasteiger partial charge in [-0.2, -0.15) is 0 Å². The Morgan fingerprint density at radius 2 is 1.48 bits per heavy atom. The first kappa shape index (κ1) is 31.1. The van der Waals surface area contributed by atoms with Gasteiger partial charge in [0.15, 0.2) is 0 Å². The Morgan fingerprint density at radius 3 is 2.14 bits per heavy atom. The van der Waals surface area contributed by atoms with E-state index >= 15 is 0 Å². The van der Waals surface area contributed by atoms with Crippen molar-refractivity contribution in [1.29, 1.82) is 0 Å². The van der Waals surface area contributed by atoms with E-state index in [1.165, 1.54) is 4.90 Å². The van der Waals surface area contributed by atoms with Crippen molar-refractivity contribution in [3.8, 4) is 0 Å². The molecule has 4 aromatic carbocycles. The van der Waals surface area contributed by atoms with Gasteiger partial charge in [0.2, 0.25) is 21.8 Å². The van der Waals surface area contributed by atoms with Gasteiger partial charge in [-0.1, -0.05) is 90.5 Å². The Morgan fingerprint density at radius 1 is 0.857 bits per heavy atom. The Labute approximate surface area is 253 Å². The lowest BCUT2D eigenvalue weighted by atomic mass is 10.0. The molecule has 7 nitrogen and oxygen atoms in total. The first-order valence-corrected chi connectivity index (χ1v) is 15.9. The lowest BCUT2D eigenvalue weighted by Gasteiger charge is -2.35. The molecule has 0 unspecified atom stereocenters. The fourth-order valence-electron chi connectivity index (χ4n) is 4.86. The molecule has 220 valence electrons. The van der Waals surface area contributed by atoms with Gasteiger partial charge in [-0.05, 0) is 55.5 Å². The highest BCUT2D eigenvalue weighted by molar-refractivity contribution is 7.92. The van der Waals surface area contributed by atoms with Crippen molar-refractivity contribution in [2.75, 3.05) is 17.1 Å². The summed E-state index contributed by atoms with van der Waals surface area (Å²) >= 11 is 6.28. The summed E-state index contributed by atoms with van der Waals surface area (Å²) in [5, 5.41) is 5.06. The van der Waals surface area contributed by atoms with Crippen molar-refractivity contribution < 1.29 is 18.0 Å². The largest absolute Gasteiger partial charge is 0.350 e. The van der Waals surface area contributed by atoms with Crippen LogP contribution < -0.4 is 9.62 Å². The van der Waals surface area contributed by atoms with Crippen LogP contribution in [0.3, 0.4) is 0 Å². The highest BCUT2D eigenvalue weighted by atomic mass is 35.5. The maximum atomic E-state index is 14.3. The number of anilines is 1. The SMILES string of the molecule is CC(C)(C)NC(=O)[C@@H](Cc1ccccc1)N(Cc1cccc(Cl)c1)C(=O)CN(c1cccc2ccccc12)S(C)(=O)=O. The Bertz CT molecular complexity index is 1660. The van der Waals surface area contributed by atoms with Crippen LogP contribution in [0, 0.1) is 0 Å². The van der Waals surface area contributed by atoms with E-state index in [-0.39, 0.29) is 18.9 Å². The van der Waals surface area contributed by atoms with Crippen LogP contribution in [-0.2, 0) is 32.6 Å². The molecule has 42 heavy (non-hydrogen) atoms. The van der Waals surface area contributed by atoms with Crippen LogP contribution in [0.15, 0.2) is 97.1 Å². The van der Waals surface area contributed by atoms with E-state index < -0.39 is 34.1 Å². The molecule has 0 aliphatic heterocycles. The summed E-state index contributed by atoms with van der Waals surface area (Å²) < 4.78 is 27.5. The lowest BCUT2D eigenvalue weighted by molar-refractivity contribution is -0.140. The minimum absolute atomic E-state index is 0.0571. The summed E-state index contributed by atoms with van der Waals surface area (Å²) in [5.74, 6) is -0.851.